The van der Waals surface area contributed by atoms with Crippen molar-refractivity contribution < 1.29 is 13.6 Å². The van der Waals surface area contributed by atoms with Crippen LogP contribution in [0, 0.1) is 24.5 Å². The fourth-order valence-electron chi connectivity index (χ4n) is 2.98. The highest BCUT2D eigenvalue weighted by Crippen LogP contribution is 2.25. The number of carbonyl (C=O) groups excluding carboxylic acids is 1. The molecule has 1 N–H and O–H groups in total. The molecule has 1 amide bonds. The Morgan fingerprint density at radius 1 is 1.08 bits per heavy atom. The van der Waals surface area contributed by atoms with E-state index in [1.54, 1.807) is 0 Å². The zero-order valence-electron chi connectivity index (χ0n) is 13.6. The van der Waals surface area contributed by atoms with E-state index in [1.165, 1.54) is 11.6 Å². The van der Waals surface area contributed by atoms with Crippen molar-refractivity contribution in [2.24, 2.45) is 5.92 Å². The van der Waals surface area contributed by atoms with Crippen LogP contribution in [0.3, 0.4) is 0 Å². The lowest BCUT2D eigenvalue weighted by molar-refractivity contribution is -0.120. The Balaban J connectivity index is 1.58. The summed E-state index contributed by atoms with van der Waals surface area (Å²) in [5, 5.41) is 2.57. The fraction of sp³-hybridized carbons (Fsp3) is 0.316. The molecule has 2 aromatic carbocycles. The molecule has 3 nitrogen and oxygen atoms in total. The Morgan fingerprint density at radius 2 is 1.75 bits per heavy atom. The van der Waals surface area contributed by atoms with Crippen molar-refractivity contribution in [2.75, 3.05) is 23.3 Å². The maximum absolute atomic E-state index is 13.6. The van der Waals surface area contributed by atoms with E-state index in [-0.39, 0.29) is 17.5 Å². The first-order valence-corrected chi connectivity index (χ1v) is 8.10. The third-order valence-electron chi connectivity index (χ3n) is 4.45. The van der Waals surface area contributed by atoms with Gasteiger partial charge in [0, 0.05) is 30.8 Å². The monoisotopic (exact) mass is 330 g/mol. The summed E-state index contributed by atoms with van der Waals surface area (Å²) in [7, 11) is 0. The second-order valence-electron chi connectivity index (χ2n) is 6.21. The number of aryl methyl sites for hydroxylation is 1. The number of halogens is 2. The van der Waals surface area contributed by atoms with E-state index in [9.17, 15) is 13.6 Å². The first-order valence-electron chi connectivity index (χ1n) is 8.10. The van der Waals surface area contributed by atoms with E-state index in [2.05, 4.69) is 41.4 Å². The Labute approximate surface area is 140 Å². The van der Waals surface area contributed by atoms with Crippen molar-refractivity contribution in [1.82, 2.24) is 0 Å². The average molecular weight is 330 g/mol. The van der Waals surface area contributed by atoms with Gasteiger partial charge in [-0.15, -0.1) is 0 Å². The Bertz CT molecular complexity index is 723. The number of carbonyl (C=O) groups is 1. The molecule has 1 aliphatic heterocycles. The molecule has 24 heavy (non-hydrogen) atoms. The van der Waals surface area contributed by atoms with Crippen molar-refractivity contribution >= 4 is 17.3 Å². The van der Waals surface area contributed by atoms with Gasteiger partial charge in [-0.3, -0.25) is 4.79 Å². The van der Waals surface area contributed by atoms with Gasteiger partial charge < -0.3 is 10.2 Å². The van der Waals surface area contributed by atoms with Crippen LogP contribution in [0.2, 0.25) is 0 Å². The van der Waals surface area contributed by atoms with E-state index < -0.39 is 11.6 Å². The van der Waals surface area contributed by atoms with Gasteiger partial charge in [-0.05, 0) is 44.0 Å². The minimum absolute atomic E-state index is 0.0300. The topological polar surface area (TPSA) is 32.3 Å². The zero-order valence-corrected chi connectivity index (χ0v) is 13.6. The zero-order chi connectivity index (χ0) is 17.1. The number of benzene rings is 2. The SMILES string of the molecule is Cc1ccc(N2CCC(C(=O)Nc3ccc(F)cc3F)CC2)cc1. The second kappa shape index (κ2) is 6.99. The van der Waals surface area contributed by atoms with Gasteiger partial charge in [0.15, 0.2) is 0 Å². The molecule has 0 saturated carbocycles. The fourth-order valence-corrected chi connectivity index (χ4v) is 2.98. The number of hydrogen-bond acceptors (Lipinski definition) is 2. The highest BCUT2D eigenvalue weighted by atomic mass is 19.1. The van der Waals surface area contributed by atoms with Crippen LogP contribution in [0.5, 0.6) is 0 Å². The third kappa shape index (κ3) is 3.72. The van der Waals surface area contributed by atoms with Gasteiger partial charge in [-0.2, -0.15) is 0 Å². The molecule has 0 spiro atoms. The molecule has 0 bridgehead atoms. The minimum Gasteiger partial charge on any atom is -0.371 e. The minimum atomic E-state index is -0.750. The lowest BCUT2D eigenvalue weighted by atomic mass is 9.95. The summed E-state index contributed by atoms with van der Waals surface area (Å²) in [5.41, 5.74) is 2.40. The summed E-state index contributed by atoms with van der Waals surface area (Å²) in [5.74, 6) is -1.77. The normalized spacial score (nSPS) is 15.4. The second-order valence-corrected chi connectivity index (χ2v) is 6.21. The quantitative estimate of drug-likeness (QED) is 0.918. The van der Waals surface area contributed by atoms with E-state index in [0.717, 1.165) is 30.9 Å². The highest BCUT2D eigenvalue weighted by molar-refractivity contribution is 5.92. The van der Waals surface area contributed by atoms with Gasteiger partial charge in [0.05, 0.1) is 5.69 Å². The largest absolute Gasteiger partial charge is 0.371 e. The molecular formula is C19H20F2N2O. The molecule has 0 atom stereocenters. The summed E-state index contributed by atoms with van der Waals surface area (Å²) in [6.07, 6.45) is 1.42. The highest BCUT2D eigenvalue weighted by Gasteiger charge is 2.25. The molecule has 126 valence electrons. The standard InChI is InChI=1S/C19H20F2N2O/c1-13-2-5-16(6-3-13)23-10-8-14(9-11-23)19(24)22-18-7-4-15(20)12-17(18)21/h2-7,12,14H,8-11H2,1H3,(H,22,24). The van der Waals surface area contributed by atoms with Crippen LogP contribution in [-0.2, 0) is 4.79 Å². The molecule has 0 radical (unpaired) electrons. The summed E-state index contributed by atoms with van der Waals surface area (Å²) < 4.78 is 26.5. The number of anilines is 2. The summed E-state index contributed by atoms with van der Waals surface area (Å²) >= 11 is 0. The van der Waals surface area contributed by atoms with Crippen LogP contribution in [0.15, 0.2) is 42.5 Å². The first kappa shape index (κ1) is 16.4. The lowest BCUT2D eigenvalue weighted by Gasteiger charge is -2.33. The smallest absolute Gasteiger partial charge is 0.227 e. The van der Waals surface area contributed by atoms with Crippen LogP contribution in [0.25, 0.3) is 0 Å². The molecule has 1 heterocycles. The molecule has 3 rings (SSSR count). The Hall–Kier alpha value is -2.43. The van der Waals surface area contributed by atoms with Crippen molar-refractivity contribution in [3.63, 3.8) is 0 Å². The van der Waals surface area contributed by atoms with Gasteiger partial charge in [-0.25, -0.2) is 8.78 Å². The van der Waals surface area contributed by atoms with Crippen molar-refractivity contribution in [1.29, 1.82) is 0 Å². The van der Waals surface area contributed by atoms with Crippen LogP contribution < -0.4 is 10.2 Å². The number of nitrogens with zero attached hydrogens (tertiary/aromatic N) is 1. The van der Waals surface area contributed by atoms with E-state index in [1.807, 2.05) is 0 Å². The molecule has 5 heteroatoms. The van der Waals surface area contributed by atoms with E-state index >= 15 is 0 Å². The molecule has 1 aliphatic rings. The summed E-state index contributed by atoms with van der Waals surface area (Å²) in [6.45, 7) is 3.62. The lowest BCUT2D eigenvalue weighted by Crippen LogP contribution is -2.38. The number of amides is 1. The van der Waals surface area contributed by atoms with Gasteiger partial charge in [0.2, 0.25) is 5.91 Å². The van der Waals surface area contributed by atoms with E-state index in [0.29, 0.717) is 12.8 Å². The van der Waals surface area contributed by atoms with Gasteiger partial charge in [0.25, 0.3) is 0 Å². The first-order chi connectivity index (χ1) is 11.5. The average Bonchev–Trinajstić information content (AvgIpc) is 2.58. The van der Waals surface area contributed by atoms with Crippen molar-refractivity contribution in [3.05, 3.63) is 59.7 Å². The van der Waals surface area contributed by atoms with Crippen molar-refractivity contribution in [3.8, 4) is 0 Å². The molecule has 0 aromatic heterocycles. The molecule has 0 aliphatic carbocycles. The maximum atomic E-state index is 13.6. The molecule has 0 unspecified atom stereocenters. The van der Waals surface area contributed by atoms with Crippen LogP contribution in [-0.4, -0.2) is 19.0 Å². The van der Waals surface area contributed by atoms with E-state index in [4.69, 9.17) is 0 Å². The third-order valence-corrected chi connectivity index (χ3v) is 4.45. The van der Waals surface area contributed by atoms with Crippen LogP contribution >= 0.6 is 0 Å². The molecule has 2 aromatic rings. The number of rotatable bonds is 3. The molecule has 1 fully saturated rings. The molecular weight excluding hydrogens is 310 g/mol. The predicted octanol–water partition coefficient (Wildman–Crippen LogP) is 4.13. The van der Waals surface area contributed by atoms with Gasteiger partial charge in [-0.1, -0.05) is 17.7 Å². The Morgan fingerprint density at radius 3 is 2.38 bits per heavy atom. The summed E-state index contributed by atoms with van der Waals surface area (Å²) in [6, 6.07) is 11.5. The summed E-state index contributed by atoms with van der Waals surface area (Å²) in [4.78, 5) is 14.6. The maximum Gasteiger partial charge on any atom is 0.227 e. The van der Waals surface area contributed by atoms with Crippen molar-refractivity contribution in [2.45, 2.75) is 19.8 Å². The van der Waals surface area contributed by atoms with Gasteiger partial charge in [0.1, 0.15) is 11.6 Å². The Kier molecular flexibility index (Phi) is 4.79. The van der Waals surface area contributed by atoms with Gasteiger partial charge >= 0.3 is 0 Å². The number of hydrogen-bond donors (Lipinski definition) is 1. The number of piperidine rings is 1. The predicted molar refractivity (Wildman–Crippen MR) is 91.1 cm³/mol. The van der Waals surface area contributed by atoms with Crippen LogP contribution in [0.1, 0.15) is 18.4 Å². The number of nitrogens with one attached hydrogen (secondary N) is 1. The molecule has 1 saturated heterocycles. The van der Waals surface area contributed by atoms with Crippen LogP contribution in [0.4, 0.5) is 20.2 Å².